The van der Waals surface area contributed by atoms with Crippen LogP contribution in [-0.4, -0.2) is 25.0 Å². The van der Waals surface area contributed by atoms with Gasteiger partial charge in [-0.05, 0) is 36.6 Å². The van der Waals surface area contributed by atoms with Gasteiger partial charge in [-0.1, -0.05) is 42.5 Å². The zero-order valence-electron chi connectivity index (χ0n) is 14.5. The number of ether oxygens (including phenoxy) is 1. The number of anilines is 1. The van der Waals surface area contributed by atoms with Crippen molar-refractivity contribution in [2.75, 3.05) is 18.5 Å². The molecule has 0 heterocycles. The van der Waals surface area contributed by atoms with Crippen LogP contribution in [-0.2, 0) is 4.79 Å². The zero-order chi connectivity index (χ0) is 18.4. The summed E-state index contributed by atoms with van der Waals surface area (Å²) in [6, 6.07) is 20.4. The van der Waals surface area contributed by atoms with Crippen LogP contribution in [0.4, 0.5) is 5.69 Å². The van der Waals surface area contributed by atoms with Gasteiger partial charge in [0.1, 0.15) is 5.75 Å². The van der Waals surface area contributed by atoms with Crippen LogP contribution < -0.4 is 15.4 Å². The molecule has 0 aromatic heterocycles. The molecule has 0 bridgehead atoms. The van der Waals surface area contributed by atoms with E-state index >= 15 is 0 Å². The Morgan fingerprint density at radius 3 is 2.58 bits per heavy atom. The SMILES string of the molecule is CCNC(=O)c1cccc(NC(=O)COc2cccc3ccccc23)c1. The van der Waals surface area contributed by atoms with Gasteiger partial charge in [0.05, 0.1) is 0 Å². The number of nitrogens with one attached hydrogen (secondary N) is 2. The summed E-state index contributed by atoms with van der Waals surface area (Å²) in [4.78, 5) is 24.1. The van der Waals surface area contributed by atoms with Crippen molar-refractivity contribution in [1.29, 1.82) is 0 Å². The van der Waals surface area contributed by atoms with Crippen molar-refractivity contribution < 1.29 is 14.3 Å². The molecular formula is C21H20N2O3. The second kappa shape index (κ2) is 8.16. The molecule has 0 atom stereocenters. The average Bonchev–Trinajstić information content (AvgIpc) is 2.67. The molecule has 0 aliphatic rings. The van der Waals surface area contributed by atoms with E-state index in [0.29, 0.717) is 23.5 Å². The molecule has 3 aromatic carbocycles. The highest BCUT2D eigenvalue weighted by Crippen LogP contribution is 2.25. The molecule has 3 rings (SSSR count). The second-order valence-corrected chi connectivity index (χ2v) is 5.75. The van der Waals surface area contributed by atoms with Crippen LogP contribution in [0.2, 0.25) is 0 Å². The monoisotopic (exact) mass is 348 g/mol. The molecule has 0 aliphatic carbocycles. The molecule has 0 saturated carbocycles. The van der Waals surface area contributed by atoms with Crippen LogP contribution in [0, 0.1) is 0 Å². The van der Waals surface area contributed by atoms with E-state index in [4.69, 9.17) is 4.74 Å². The van der Waals surface area contributed by atoms with Gasteiger partial charge in [-0.25, -0.2) is 0 Å². The second-order valence-electron chi connectivity index (χ2n) is 5.75. The van der Waals surface area contributed by atoms with E-state index in [2.05, 4.69) is 10.6 Å². The Morgan fingerprint density at radius 2 is 1.73 bits per heavy atom. The normalized spacial score (nSPS) is 10.3. The number of carbonyl (C=O) groups is 2. The number of fused-ring (bicyclic) bond motifs is 1. The minimum absolute atomic E-state index is 0.112. The molecule has 0 spiro atoms. The van der Waals surface area contributed by atoms with E-state index in [1.807, 2.05) is 49.4 Å². The van der Waals surface area contributed by atoms with Gasteiger partial charge < -0.3 is 15.4 Å². The van der Waals surface area contributed by atoms with Crippen LogP contribution in [0.3, 0.4) is 0 Å². The lowest BCUT2D eigenvalue weighted by Crippen LogP contribution is -2.23. The Morgan fingerprint density at radius 1 is 0.962 bits per heavy atom. The Bertz CT molecular complexity index is 932. The Kier molecular flexibility index (Phi) is 5.49. The summed E-state index contributed by atoms with van der Waals surface area (Å²) >= 11 is 0. The van der Waals surface area contributed by atoms with E-state index in [-0.39, 0.29) is 18.4 Å². The number of amides is 2. The first-order valence-corrected chi connectivity index (χ1v) is 8.46. The maximum atomic E-state index is 12.2. The lowest BCUT2D eigenvalue weighted by Gasteiger charge is -2.10. The molecule has 2 amide bonds. The molecule has 5 nitrogen and oxygen atoms in total. The summed E-state index contributed by atoms with van der Waals surface area (Å²) in [7, 11) is 0. The molecule has 5 heteroatoms. The van der Waals surface area contributed by atoms with Gasteiger partial charge >= 0.3 is 0 Å². The first-order chi connectivity index (χ1) is 12.7. The van der Waals surface area contributed by atoms with E-state index in [0.717, 1.165) is 10.8 Å². The summed E-state index contributed by atoms with van der Waals surface area (Å²) < 4.78 is 5.68. The molecule has 0 unspecified atom stereocenters. The molecule has 2 N–H and O–H groups in total. The minimum atomic E-state index is -0.286. The summed E-state index contributed by atoms with van der Waals surface area (Å²) in [5.41, 5.74) is 1.06. The predicted molar refractivity (Wildman–Crippen MR) is 103 cm³/mol. The Balaban J connectivity index is 1.64. The van der Waals surface area contributed by atoms with Crippen molar-refractivity contribution >= 4 is 28.3 Å². The lowest BCUT2D eigenvalue weighted by molar-refractivity contribution is -0.118. The van der Waals surface area contributed by atoms with Gasteiger partial charge in [-0.3, -0.25) is 9.59 Å². The maximum Gasteiger partial charge on any atom is 0.262 e. The van der Waals surface area contributed by atoms with Crippen LogP contribution >= 0.6 is 0 Å². The van der Waals surface area contributed by atoms with Crippen molar-refractivity contribution in [1.82, 2.24) is 5.32 Å². The number of carbonyl (C=O) groups excluding carboxylic acids is 2. The first kappa shape index (κ1) is 17.5. The van der Waals surface area contributed by atoms with Gasteiger partial charge in [0.15, 0.2) is 6.61 Å². The number of hydrogen-bond acceptors (Lipinski definition) is 3. The van der Waals surface area contributed by atoms with Gasteiger partial charge in [-0.15, -0.1) is 0 Å². The fourth-order valence-electron chi connectivity index (χ4n) is 2.66. The van der Waals surface area contributed by atoms with Crippen LogP contribution in [0.5, 0.6) is 5.75 Å². The number of hydrogen-bond donors (Lipinski definition) is 2. The van der Waals surface area contributed by atoms with E-state index in [1.54, 1.807) is 24.3 Å². The van der Waals surface area contributed by atoms with Gasteiger partial charge in [0.25, 0.3) is 11.8 Å². The molecule has 0 radical (unpaired) electrons. The summed E-state index contributed by atoms with van der Waals surface area (Å²) in [5.74, 6) is 0.205. The molecule has 0 saturated heterocycles. The minimum Gasteiger partial charge on any atom is -0.483 e. The van der Waals surface area contributed by atoms with E-state index in [1.165, 1.54) is 0 Å². The third kappa shape index (κ3) is 4.19. The van der Waals surface area contributed by atoms with Gasteiger partial charge in [0.2, 0.25) is 0 Å². The van der Waals surface area contributed by atoms with E-state index < -0.39 is 0 Å². The van der Waals surface area contributed by atoms with Crippen molar-refractivity contribution in [2.24, 2.45) is 0 Å². The third-order valence-electron chi connectivity index (χ3n) is 3.85. The average molecular weight is 348 g/mol. The quantitative estimate of drug-likeness (QED) is 0.715. The highest BCUT2D eigenvalue weighted by atomic mass is 16.5. The van der Waals surface area contributed by atoms with Crippen LogP contribution in [0.25, 0.3) is 10.8 Å². The van der Waals surface area contributed by atoms with Crippen LogP contribution in [0.1, 0.15) is 17.3 Å². The molecule has 3 aromatic rings. The summed E-state index contributed by atoms with van der Waals surface area (Å²) in [6.45, 7) is 2.29. The van der Waals surface area contributed by atoms with Gasteiger partial charge in [-0.2, -0.15) is 0 Å². The number of rotatable bonds is 6. The van der Waals surface area contributed by atoms with Gasteiger partial charge in [0, 0.05) is 23.2 Å². The highest BCUT2D eigenvalue weighted by molar-refractivity contribution is 5.97. The molecule has 26 heavy (non-hydrogen) atoms. The van der Waals surface area contributed by atoms with Crippen LogP contribution in [0.15, 0.2) is 66.7 Å². The molecule has 0 fully saturated rings. The Labute approximate surface area is 152 Å². The van der Waals surface area contributed by atoms with E-state index in [9.17, 15) is 9.59 Å². The summed E-state index contributed by atoms with van der Waals surface area (Å²) in [6.07, 6.45) is 0. The molecule has 132 valence electrons. The Hall–Kier alpha value is -3.34. The van der Waals surface area contributed by atoms with Crippen molar-refractivity contribution in [3.8, 4) is 5.75 Å². The highest BCUT2D eigenvalue weighted by Gasteiger charge is 2.09. The fraction of sp³-hybridized carbons (Fsp3) is 0.143. The third-order valence-corrected chi connectivity index (χ3v) is 3.85. The topological polar surface area (TPSA) is 67.4 Å². The molecule has 0 aliphatic heterocycles. The lowest BCUT2D eigenvalue weighted by atomic mass is 10.1. The van der Waals surface area contributed by atoms with Crippen molar-refractivity contribution in [2.45, 2.75) is 6.92 Å². The standard InChI is InChI=1S/C21H20N2O3/c1-2-22-21(25)16-9-5-10-17(13-16)23-20(24)14-26-19-12-6-8-15-7-3-4-11-18(15)19/h3-13H,2,14H2,1H3,(H,22,25)(H,23,24). The zero-order valence-corrected chi connectivity index (χ0v) is 14.5. The number of benzene rings is 3. The van der Waals surface area contributed by atoms with Crippen molar-refractivity contribution in [3.05, 3.63) is 72.3 Å². The maximum absolute atomic E-state index is 12.2. The largest absolute Gasteiger partial charge is 0.483 e. The first-order valence-electron chi connectivity index (χ1n) is 8.46. The predicted octanol–water partition coefficient (Wildman–Crippen LogP) is 3.61. The smallest absolute Gasteiger partial charge is 0.262 e. The fourth-order valence-corrected chi connectivity index (χ4v) is 2.66. The molecular weight excluding hydrogens is 328 g/mol. The van der Waals surface area contributed by atoms with Crippen molar-refractivity contribution in [3.63, 3.8) is 0 Å². The summed E-state index contributed by atoms with van der Waals surface area (Å²) in [5, 5.41) is 7.50.